The van der Waals surface area contributed by atoms with Crippen molar-refractivity contribution in [2.45, 2.75) is 33.7 Å². The molecule has 0 saturated carbocycles. The summed E-state index contributed by atoms with van der Waals surface area (Å²) in [6.45, 7) is 15.6. The second-order valence-electron chi connectivity index (χ2n) is 3.72. The van der Waals surface area contributed by atoms with E-state index in [1.165, 1.54) is 0 Å². The topological polar surface area (TPSA) is 13.6 Å². The van der Waals surface area contributed by atoms with Crippen LogP contribution in [0.2, 0.25) is 0 Å². The molecule has 0 aliphatic heterocycles. The molecule has 1 rings (SSSR count). The van der Waals surface area contributed by atoms with Crippen molar-refractivity contribution in [3.05, 3.63) is 40.2 Å². The summed E-state index contributed by atoms with van der Waals surface area (Å²) in [7, 11) is 0. The molecule has 0 radical (unpaired) electrons. The molecular weight excluding hydrogens is 186 g/mol. The first kappa shape index (κ1) is 11.6. The maximum absolute atomic E-state index is 7.02. The quantitative estimate of drug-likeness (QED) is 0.683. The van der Waals surface area contributed by atoms with Crippen LogP contribution in [-0.4, -0.2) is 6.61 Å². The molecule has 2 heteroatoms. The SMILES string of the molecule is [C-]#[N+]C(C)c1cc(C)c(OCC)c(C)c1. The Morgan fingerprint density at radius 2 is 1.87 bits per heavy atom. The highest BCUT2D eigenvalue weighted by Gasteiger charge is 2.12. The minimum absolute atomic E-state index is 0.0712. The number of nitrogens with zero attached hydrogens (tertiary/aromatic N) is 1. The summed E-state index contributed by atoms with van der Waals surface area (Å²) in [4.78, 5) is 3.53. The number of aryl methyl sites for hydroxylation is 2. The Hall–Kier alpha value is -1.49. The van der Waals surface area contributed by atoms with Crippen LogP contribution in [0.25, 0.3) is 4.85 Å². The van der Waals surface area contributed by atoms with E-state index < -0.39 is 0 Å². The summed E-state index contributed by atoms with van der Waals surface area (Å²) in [5.41, 5.74) is 3.30. The number of rotatable bonds is 3. The summed E-state index contributed by atoms with van der Waals surface area (Å²) in [5.74, 6) is 0.957. The van der Waals surface area contributed by atoms with Gasteiger partial charge in [-0.15, -0.1) is 0 Å². The first-order valence-electron chi connectivity index (χ1n) is 5.20. The van der Waals surface area contributed by atoms with Crippen LogP contribution in [0.4, 0.5) is 0 Å². The van der Waals surface area contributed by atoms with Crippen molar-refractivity contribution >= 4 is 0 Å². The lowest BCUT2D eigenvalue weighted by molar-refractivity contribution is 0.335. The van der Waals surface area contributed by atoms with Gasteiger partial charge in [-0.3, -0.25) is 0 Å². The van der Waals surface area contributed by atoms with Gasteiger partial charge in [-0.2, -0.15) is 0 Å². The third kappa shape index (κ3) is 2.50. The molecule has 0 heterocycles. The predicted molar refractivity (Wildman–Crippen MR) is 62.1 cm³/mol. The van der Waals surface area contributed by atoms with Crippen LogP contribution in [-0.2, 0) is 0 Å². The van der Waals surface area contributed by atoms with E-state index in [0.29, 0.717) is 6.61 Å². The molecule has 1 aromatic carbocycles. The van der Waals surface area contributed by atoms with Gasteiger partial charge < -0.3 is 9.58 Å². The van der Waals surface area contributed by atoms with Crippen molar-refractivity contribution in [3.63, 3.8) is 0 Å². The molecule has 0 amide bonds. The van der Waals surface area contributed by atoms with E-state index in [-0.39, 0.29) is 6.04 Å². The van der Waals surface area contributed by atoms with E-state index in [9.17, 15) is 0 Å². The van der Waals surface area contributed by atoms with Crippen LogP contribution in [0.3, 0.4) is 0 Å². The van der Waals surface area contributed by atoms with Crippen molar-refractivity contribution in [3.8, 4) is 5.75 Å². The average molecular weight is 203 g/mol. The molecule has 0 saturated heterocycles. The van der Waals surface area contributed by atoms with Gasteiger partial charge in [0, 0.05) is 12.5 Å². The van der Waals surface area contributed by atoms with Gasteiger partial charge in [-0.05, 0) is 44.0 Å². The van der Waals surface area contributed by atoms with Gasteiger partial charge >= 0.3 is 0 Å². The Labute approximate surface area is 91.7 Å². The Balaban J connectivity index is 3.14. The van der Waals surface area contributed by atoms with Crippen molar-refractivity contribution in [2.75, 3.05) is 6.61 Å². The molecular formula is C13H17NO. The minimum Gasteiger partial charge on any atom is -0.493 e. The first-order chi connectivity index (χ1) is 7.10. The second-order valence-corrected chi connectivity index (χ2v) is 3.72. The summed E-state index contributed by atoms with van der Waals surface area (Å²) in [6.07, 6.45) is 0. The highest BCUT2D eigenvalue weighted by molar-refractivity contribution is 5.44. The van der Waals surface area contributed by atoms with Gasteiger partial charge in [0.15, 0.2) is 0 Å². The van der Waals surface area contributed by atoms with Gasteiger partial charge in [-0.25, -0.2) is 6.57 Å². The molecule has 0 aliphatic carbocycles. The fraction of sp³-hybridized carbons (Fsp3) is 0.462. The molecule has 80 valence electrons. The van der Waals surface area contributed by atoms with Crippen LogP contribution in [0.5, 0.6) is 5.75 Å². The van der Waals surface area contributed by atoms with Gasteiger partial charge in [-0.1, -0.05) is 0 Å². The third-order valence-electron chi connectivity index (χ3n) is 2.45. The molecule has 0 aliphatic rings. The fourth-order valence-corrected chi connectivity index (χ4v) is 1.67. The lowest BCUT2D eigenvalue weighted by Crippen LogP contribution is -1.99. The lowest BCUT2D eigenvalue weighted by Gasteiger charge is -2.12. The molecule has 0 fully saturated rings. The zero-order valence-corrected chi connectivity index (χ0v) is 9.79. The zero-order valence-electron chi connectivity index (χ0n) is 9.79. The standard InChI is InChI=1S/C13H17NO/c1-6-15-13-9(2)7-12(8-10(13)3)11(4)14-5/h7-8,11H,6H2,1-4H3. The first-order valence-corrected chi connectivity index (χ1v) is 5.20. The Morgan fingerprint density at radius 1 is 1.33 bits per heavy atom. The van der Waals surface area contributed by atoms with Crippen molar-refractivity contribution in [2.24, 2.45) is 0 Å². The molecule has 0 aromatic heterocycles. The maximum atomic E-state index is 7.02. The number of benzene rings is 1. The van der Waals surface area contributed by atoms with Crippen LogP contribution < -0.4 is 4.74 Å². The number of hydrogen-bond donors (Lipinski definition) is 0. The molecule has 1 unspecified atom stereocenters. The molecule has 15 heavy (non-hydrogen) atoms. The van der Waals surface area contributed by atoms with E-state index in [4.69, 9.17) is 11.3 Å². The van der Waals surface area contributed by atoms with E-state index >= 15 is 0 Å². The van der Waals surface area contributed by atoms with E-state index in [1.54, 1.807) is 0 Å². The number of ether oxygens (including phenoxy) is 1. The number of hydrogen-bond acceptors (Lipinski definition) is 1. The second kappa shape index (κ2) is 4.84. The third-order valence-corrected chi connectivity index (χ3v) is 2.45. The Morgan fingerprint density at radius 3 is 2.27 bits per heavy atom. The monoisotopic (exact) mass is 203 g/mol. The highest BCUT2D eigenvalue weighted by Crippen LogP contribution is 2.28. The smallest absolute Gasteiger partial charge is 0.246 e. The van der Waals surface area contributed by atoms with Gasteiger partial charge in [0.05, 0.1) is 6.61 Å². The van der Waals surface area contributed by atoms with Crippen LogP contribution in [0.1, 0.15) is 36.6 Å². The normalized spacial score (nSPS) is 11.9. The Bertz CT molecular complexity index is 367. The summed E-state index contributed by atoms with van der Waals surface area (Å²) < 4.78 is 5.56. The van der Waals surface area contributed by atoms with Crippen LogP contribution >= 0.6 is 0 Å². The van der Waals surface area contributed by atoms with Gasteiger partial charge in [0.25, 0.3) is 0 Å². The lowest BCUT2D eigenvalue weighted by atomic mass is 10.0. The van der Waals surface area contributed by atoms with Crippen molar-refractivity contribution < 1.29 is 4.74 Å². The highest BCUT2D eigenvalue weighted by atomic mass is 16.5. The zero-order chi connectivity index (χ0) is 11.4. The predicted octanol–water partition coefficient (Wildman–Crippen LogP) is 3.68. The molecule has 0 bridgehead atoms. The summed E-state index contributed by atoms with van der Waals surface area (Å²) in [6, 6.07) is 4.01. The van der Waals surface area contributed by atoms with Crippen LogP contribution in [0.15, 0.2) is 12.1 Å². The molecule has 1 aromatic rings. The average Bonchev–Trinajstić information content (AvgIpc) is 2.22. The molecule has 0 N–H and O–H groups in total. The summed E-state index contributed by atoms with van der Waals surface area (Å²) >= 11 is 0. The van der Waals surface area contributed by atoms with Crippen molar-refractivity contribution in [1.29, 1.82) is 0 Å². The van der Waals surface area contributed by atoms with Gasteiger partial charge in [0.1, 0.15) is 5.75 Å². The largest absolute Gasteiger partial charge is 0.493 e. The fourth-order valence-electron chi connectivity index (χ4n) is 1.67. The van der Waals surface area contributed by atoms with Crippen molar-refractivity contribution in [1.82, 2.24) is 0 Å². The van der Waals surface area contributed by atoms with E-state index in [2.05, 4.69) is 4.85 Å². The van der Waals surface area contributed by atoms with Gasteiger partial charge in [0.2, 0.25) is 6.04 Å². The van der Waals surface area contributed by atoms with E-state index in [0.717, 1.165) is 22.4 Å². The minimum atomic E-state index is -0.0712. The maximum Gasteiger partial charge on any atom is 0.246 e. The summed E-state index contributed by atoms with van der Waals surface area (Å²) in [5, 5.41) is 0. The van der Waals surface area contributed by atoms with E-state index in [1.807, 2.05) is 39.8 Å². The molecule has 0 spiro atoms. The van der Waals surface area contributed by atoms with Crippen LogP contribution in [0, 0.1) is 20.4 Å². The molecule has 1 atom stereocenters. The molecule has 2 nitrogen and oxygen atoms in total. The Kier molecular flexibility index (Phi) is 3.74.